The van der Waals surface area contributed by atoms with Crippen LogP contribution >= 0.6 is 0 Å². The number of hydrogen-bond acceptors (Lipinski definition) is 4. The second-order valence-electron chi connectivity index (χ2n) is 6.63. The lowest BCUT2D eigenvalue weighted by Gasteiger charge is -2.30. The Bertz CT molecular complexity index is 859. The zero-order chi connectivity index (χ0) is 19.3. The van der Waals surface area contributed by atoms with Gasteiger partial charge >= 0.3 is 0 Å². The molecule has 2 aromatic carbocycles. The zero-order valence-corrected chi connectivity index (χ0v) is 16.1. The first kappa shape index (κ1) is 19.4. The molecule has 1 amide bonds. The van der Waals surface area contributed by atoms with E-state index in [0.717, 1.165) is 11.3 Å². The standard InChI is InChI=1S/C20H24N2O4S/c1-26-19-9-7-18(8-10-19)21-20(23)17-11-13-22(14-12-17)27(24,25)15-16-5-3-2-4-6-16/h2-10,17H,11-15H2,1H3,(H,21,23). The molecule has 0 radical (unpaired) electrons. The maximum Gasteiger partial charge on any atom is 0.227 e. The molecule has 2 aromatic rings. The molecule has 1 saturated heterocycles. The molecule has 0 aliphatic carbocycles. The number of carbonyl (C=O) groups is 1. The lowest BCUT2D eigenvalue weighted by Crippen LogP contribution is -2.41. The topological polar surface area (TPSA) is 75.7 Å². The summed E-state index contributed by atoms with van der Waals surface area (Å²) in [5.74, 6) is 0.469. The summed E-state index contributed by atoms with van der Waals surface area (Å²) in [7, 11) is -1.77. The Kier molecular flexibility index (Phi) is 6.13. The van der Waals surface area contributed by atoms with Gasteiger partial charge in [-0.25, -0.2) is 12.7 Å². The molecule has 7 heteroatoms. The summed E-state index contributed by atoms with van der Waals surface area (Å²) in [6.45, 7) is 0.742. The largest absolute Gasteiger partial charge is 0.497 e. The summed E-state index contributed by atoms with van der Waals surface area (Å²) in [6.07, 6.45) is 1.05. The van der Waals surface area contributed by atoms with E-state index in [1.165, 1.54) is 4.31 Å². The highest BCUT2D eigenvalue weighted by Gasteiger charge is 2.31. The number of nitrogens with one attached hydrogen (secondary N) is 1. The number of nitrogens with zero attached hydrogens (tertiary/aromatic N) is 1. The van der Waals surface area contributed by atoms with Crippen molar-refractivity contribution in [3.63, 3.8) is 0 Å². The lowest BCUT2D eigenvalue weighted by molar-refractivity contribution is -0.120. The first-order valence-corrected chi connectivity index (χ1v) is 10.6. The van der Waals surface area contributed by atoms with E-state index in [-0.39, 0.29) is 17.6 Å². The fourth-order valence-electron chi connectivity index (χ4n) is 3.19. The Hall–Kier alpha value is -2.38. The van der Waals surface area contributed by atoms with E-state index in [1.807, 2.05) is 30.3 Å². The van der Waals surface area contributed by atoms with Gasteiger partial charge in [0, 0.05) is 24.7 Å². The molecule has 27 heavy (non-hydrogen) atoms. The smallest absolute Gasteiger partial charge is 0.227 e. The Morgan fingerprint density at radius 2 is 1.70 bits per heavy atom. The number of hydrogen-bond donors (Lipinski definition) is 1. The SMILES string of the molecule is COc1ccc(NC(=O)C2CCN(S(=O)(=O)Cc3ccccc3)CC2)cc1. The summed E-state index contributed by atoms with van der Waals surface area (Å²) < 4.78 is 31.8. The molecular weight excluding hydrogens is 364 g/mol. The first-order valence-electron chi connectivity index (χ1n) is 8.94. The molecule has 1 heterocycles. The molecule has 1 fully saturated rings. The lowest BCUT2D eigenvalue weighted by atomic mass is 9.97. The van der Waals surface area contributed by atoms with Gasteiger partial charge < -0.3 is 10.1 Å². The van der Waals surface area contributed by atoms with Crippen LogP contribution in [0.25, 0.3) is 0 Å². The average Bonchev–Trinajstić information content (AvgIpc) is 2.69. The van der Waals surface area contributed by atoms with Gasteiger partial charge in [-0.3, -0.25) is 4.79 Å². The Morgan fingerprint density at radius 3 is 2.30 bits per heavy atom. The Balaban J connectivity index is 1.53. The molecule has 0 aromatic heterocycles. The first-order chi connectivity index (χ1) is 13.0. The number of rotatable bonds is 6. The van der Waals surface area contributed by atoms with Gasteiger partial charge in [0.1, 0.15) is 5.75 Å². The van der Waals surface area contributed by atoms with Crippen LogP contribution in [0.1, 0.15) is 18.4 Å². The zero-order valence-electron chi connectivity index (χ0n) is 15.3. The van der Waals surface area contributed by atoms with E-state index in [2.05, 4.69) is 5.32 Å². The van der Waals surface area contributed by atoms with Crippen molar-refractivity contribution < 1.29 is 17.9 Å². The number of carbonyl (C=O) groups excluding carboxylic acids is 1. The van der Waals surface area contributed by atoms with Crippen molar-refractivity contribution in [3.05, 3.63) is 60.2 Å². The molecule has 6 nitrogen and oxygen atoms in total. The van der Waals surface area contributed by atoms with Crippen LogP contribution in [0.2, 0.25) is 0 Å². The maximum absolute atomic E-state index is 12.6. The van der Waals surface area contributed by atoms with Gasteiger partial charge in [-0.2, -0.15) is 0 Å². The van der Waals surface area contributed by atoms with Crippen LogP contribution in [-0.4, -0.2) is 38.8 Å². The Morgan fingerprint density at radius 1 is 1.07 bits per heavy atom. The summed E-state index contributed by atoms with van der Waals surface area (Å²) in [5, 5.41) is 2.89. The maximum atomic E-state index is 12.6. The number of methoxy groups -OCH3 is 1. The van der Waals surface area contributed by atoms with E-state index in [0.29, 0.717) is 31.6 Å². The van der Waals surface area contributed by atoms with Crippen LogP contribution in [0.15, 0.2) is 54.6 Å². The van der Waals surface area contributed by atoms with E-state index in [4.69, 9.17) is 4.74 Å². The predicted octanol–water partition coefficient (Wildman–Crippen LogP) is 2.88. The van der Waals surface area contributed by atoms with Crippen molar-refractivity contribution in [1.82, 2.24) is 4.31 Å². The minimum absolute atomic E-state index is 0.00342. The van der Waals surface area contributed by atoms with Crippen molar-refractivity contribution >= 4 is 21.6 Å². The van der Waals surface area contributed by atoms with Gasteiger partial charge in [0.2, 0.25) is 15.9 Å². The number of benzene rings is 2. The number of amides is 1. The summed E-state index contributed by atoms with van der Waals surface area (Å²) >= 11 is 0. The van der Waals surface area contributed by atoms with Crippen LogP contribution in [0.3, 0.4) is 0 Å². The molecule has 0 saturated carbocycles. The minimum Gasteiger partial charge on any atom is -0.497 e. The number of piperidine rings is 1. The average molecular weight is 388 g/mol. The van der Waals surface area contributed by atoms with Crippen LogP contribution in [0.5, 0.6) is 5.75 Å². The Labute approximate surface area is 160 Å². The van der Waals surface area contributed by atoms with Gasteiger partial charge in [-0.1, -0.05) is 30.3 Å². The van der Waals surface area contributed by atoms with Crippen LogP contribution in [0.4, 0.5) is 5.69 Å². The van der Waals surface area contributed by atoms with Crippen molar-refractivity contribution in [2.24, 2.45) is 5.92 Å². The number of sulfonamides is 1. The van der Waals surface area contributed by atoms with Crippen LogP contribution in [0, 0.1) is 5.92 Å². The quantitative estimate of drug-likeness (QED) is 0.826. The van der Waals surface area contributed by atoms with Gasteiger partial charge in [0.05, 0.1) is 12.9 Å². The van der Waals surface area contributed by atoms with Crippen molar-refractivity contribution in [3.8, 4) is 5.75 Å². The second-order valence-corrected chi connectivity index (χ2v) is 8.60. The molecule has 0 atom stereocenters. The molecular formula is C20H24N2O4S. The fourth-order valence-corrected chi connectivity index (χ4v) is 4.75. The molecule has 1 N–H and O–H groups in total. The van der Waals surface area contributed by atoms with E-state index in [1.54, 1.807) is 31.4 Å². The minimum atomic E-state index is -3.36. The molecule has 144 valence electrons. The van der Waals surface area contributed by atoms with Crippen LogP contribution in [-0.2, 0) is 20.6 Å². The third-order valence-corrected chi connectivity index (χ3v) is 6.62. The van der Waals surface area contributed by atoms with Crippen molar-refractivity contribution in [2.45, 2.75) is 18.6 Å². The van der Waals surface area contributed by atoms with Gasteiger partial charge in [0.25, 0.3) is 0 Å². The van der Waals surface area contributed by atoms with Crippen molar-refractivity contribution in [1.29, 1.82) is 0 Å². The van der Waals surface area contributed by atoms with Gasteiger partial charge in [-0.05, 0) is 42.7 Å². The van der Waals surface area contributed by atoms with Crippen molar-refractivity contribution in [2.75, 3.05) is 25.5 Å². The molecule has 1 aliphatic heterocycles. The van der Waals surface area contributed by atoms with E-state index < -0.39 is 10.0 Å². The predicted molar refractivity (Wildman–Crippen MR) is 105 cm³/mol. The molecule has 3 rings (SSSR count). The second kappa shape index (κ2) is 8.54. The van der Waals surface area contributed by atoms with Gasteiger partial charge in [-0.15, -0.1) is 0 Å². The number of anilines is 1. The molecule has 0 spiro atoms. The van der Waals surface area contributed by atoms with E-state index in [9.17, 15) is 13.2 Å². The molecule has 1 aliphatic rings. The summed E-state index contributed by atoms with van der Waals surface area (Å²) in [6, 6.07) is 16.3. The highest BCUT2D eigenvalue weighted by atomic mass is 32.2. The van der Waals surface area contributed by atoms with E-state index >= 15 is 0 Å². The summed E-state index contributed by atoms with van der Waals surface area (Å²) in [5.41, 5.74) is 1.48. The van der Waals surface area contributed by atoms with Crippen LogP contribution < -0.4 is 10.1 Å². The number of ether oxygens (including phenoxy) is 1. The highest BCUT2D eigenvalue weighted by molar-refractivity contribution is 7.88. The molecule has 0 bridgehead atoms. The van der Waals surface area contributed by atoms with Gasteiger partial charge in [0.15, 0.2) is 0 Å². The third kappa shape index (κ3) is 5.08. The fraction of sp³-hybridized carbons (Fsp3) is 0.350. The molecule has 0 unspecified atom stereocenters. The normalized spacial score (nSPS) is 16.0. The monoisotopic (exact) mass is 388 g/mol. The highest BCUT2D eigenvalue weighted by Crippen LogP contribution is 2.23. The third-order valence-electron chi connectivity index (χ3n) is 4.77. The summed E-state index contributed by atoms with van der Waals surface area (Å²) in [4.78, 5) is 12.5.